The molecule has 1 rings (SSSR count). The molecule has 10 heavy (non-hydrogen) atoms. The second kappa shape index (κ2) is 3.36. The van der Waals surface area contributed by atoms with E-state index < -0.39 is 0 Å². The first kappa shape index (κ1) is 8.74. The highest BCUT2D eigenvalue weighted by molar-refractivity contribution is 6.29. The Balaban J connectivity index is 2.55. The first-order valence-corrected chi connectivity index (χ1v) is 4.57. The first-order valence-electron chi connectivity index (χ1n) is 3.70. The van der Waals surface area contributed by atoms with Gasteiger partial charge in [0.2, 0.25) is 0 Å². The van der Waals surface area contributed by atoms with Crippen LogP contribution in [0.2, 0.25) is 5.82 Å². The van der Waals surface area contributed by atoms with Gasteiger partial charge in [0.15, 0.2) is 0 Å². The van der Waals surface area contributed by atoms with E-state index in [9.17, 15) is 0 Å². The maximum atomic E-state index is 6.00. The lowest BCUT2D eigenvalue weighted by molar-refractivity contribution is 0.537. The van der Waals surface area contributed by atoms with Crippen LogP contribution in [0.25, 0.3) is 0 Å². The van der Waals surface area contributed by atoms with E-state index in [1.165, 1.54) is 0 Å². The Morgan fingerprint density at radius 2 is 2.00 bits per heavy atom. The summed E-state index contributed by atoms with van der Waals surface area (Å²) < 4.78 is 0. The van der Waals surface area contributed by atoms with Gasteiger partial charge in [0.1, 0.15) is 0 Å². The van der Waals surface area contributed by atoms with Gasteiger partial charge in [0.25, 0.3) is 0 Å². The van der Waals surface area contributed by atoms with Gasteiger partial charge in [-0.05, 0) is 12.3 Å². The maximum absolute atomic E-state index is 6.00. The minimum atomic E-state index is 0.0902. The molecule has 4 atom stereocenters. The summed E-state index contributed by atoms with van der Waals surface area (Å²) in [6, 6.07) is 0. The van der Waals surface area contributed by atoms with Crippen molar-refractivity contribution in [2.75, 3.05) is 0 Å². The molecule has 0 aliphatic heterocycles. The van der Waals surface area contributed by atoms with E-state index in [0.29, 0.717) is 5.92 Å². The van der Waals surface area contributed by atoms with E-state index in [-0.39, 0.29) is 16.6 Å². The normalized spacial score (nSPS) is 47.9. The smallest absolute Gasteiger partial charge is 0.0724 e. The summed E-state index contributed by atoms with van der Waals surface area (Å²) in [5, 5.41) is 0.287. The number of rotatable bonds is 1. The fraction of sp³-hybridized carbons (Fsp3) is 1.00. The summed E-state index contributed by atoms with van der Waals surface area (Å²) in [5.74, 6) is 0.526. The zero-order valence-corrected chi connectivity index (χ0v) is 7.57. The quantitative estimate of drug-likeness (QED) is 0.426. The number of hydrogen-bond donors (Lipinski definition) is 0. The maximum Gasteiger partial charge on any atom is 0.0724 e. The third-order valence-electron chi connectivity index (χ3n) is 2.30. The van der Waals surface area contributed by atoms with Crippen LogP contribution in [0, 0.1) is 5.92 Å². The summed E-state index contributed by atoms with van der Waals surface area (Å²) in [4.78, 5) is 0. The molecule has 3 heteroatoms. The van der Waals surface area contributed by atoms with Crippen molar-refractivity contribution in [3.05, 3.63) is 0 Å². The molecule has 0 N–H and O–H groups in total. The molecule has 0 bridgehead atoms. The van der Waals surface area contributed by atoms with Gasteiger partial charge in [0, 0.05) is 10.8 Å². The van der Waals surface area contributed by atoms with E-state index in [0.717, 1.165) is 12.8 Å². The average molecular weight is 177 g/mol. The highest BCUT2D eigenvalue weighted by Gasteiger charge is 2.36. The fourth-order valence-corrected chi connectivity index (χ4v) is 2.59. The molecule has 1 fully saturated rings. The number of halogens is 2. The molecule has 1 aliphatic rings. The van der Waals surface area contributed by atoms with Crippen molar-refractivity contribution in [1.29, 1.82) is 0 Å². The van der Waals surface area contributed by atoms with E-state index >= 15 is 0 Å². The Kier molecular flexibility index (Phi) is 2.94. The van der Waals surface area contributed by atoms with Crippen LogP contribution < -0.4 is 0 Å². The minimum absolute atomic E-state index is 0.0902. The van der Waals surface area contributed by atoms with Gasteiger partial charge in [-0.1, -0.05) is 19.2 Å². The van der Waals surface area contributed by atoms with Crippen molar-refractivity contribution < 1.29 is 0 Å². The molecule has 0 aromatic carbocycles. The van der Waals surface area contributed by atoms with Crippen LogP contribution in [0.3, 0.4) is 0 Å². The highest BCUT2D eigenvalue weighted by atomic mass is 35.5. The molecule has 0 heterocycles. The molecule has 1 aliphatic carbocycles. The summed E-state index contributed by atoms with van der Waals surface area (Å²) in [7, 11) is 5.81. The molecular formula is C7H11BCl2. The van der Waals surface area contributed by atoms with Crippen molar-refractivity contribution in [3.8, 4) is 0 Å². The SMILES string of the molecule is [B]C1C(Cl)CC(Cl)C1CC. The van der Waals surface area contributed by atoms with Crippen molar-refractivity contribution in [3.63, 3.8) is 0 Å². The zero-order valence-electron chi connectivity index (χ0n) is 6.06. The van der Waals surface area contributed by atoms with Crippen LogP contribution in [-0.2, 0) is 0 Å². The molecule has 1 saturated carbocycles. The third-order valence-corrected chi connectivity index (χ3v) is 3.27. The van der Waals surface area contributed by atoms with Crippen LogP contribution >= 0.6 is 23.2 Å². The van der Waals surface area contributed by atoms with Crippen LogP contribution in [0.5, 0.6) is 0 Å². The van der Waals surface area contributed by atoms with Crippen LogP contribution in [0.15, 0.2) is 0 Å². The van der Waals surface area contributed by atoms with E-state index in [1.54, 1.807) is 0 Å². The highest BCUT2D eigenvalue weighted by Crippen LogP contribution is 2.42. The first-order chi connectivity index (χ1) is 4.66. The standard InChI is InChI=1S/C7H11BCl2/c1-2-4-5(9)3-6(10)7(4)8/h4-7H,2-3H2,1H3. The summed E-state index contributed by atoms with van der Waals surface area (Å²) >= 11 is 11.9. The average Bonchev–Trinajstić information content (AvgIpc) is 2.09. The van der Waals surface area contributed by atoms with E-state index in [4.69, 9.17) is 31.0 Å². The Hall–Kier alpha value is 0.645. The predicted molar refractivity (Wildman–Crippen MR) is 47.2 cm³/mol. The fourth-order valence-electron chi connectivity index (χ4n) is 1.58. The zero-order chi connectivity index (χ0) is 7.72. The Morgan fingerprint density at radius 3 is 2.20 bits per heavy atom. The molecule has 0 saturated heterocycles. The Labute approximate surface area is 73.7 Å². The second-order valence-corrected chi connectivity index (χ2v) is 4.04. The Bertz CT molecular complexity index is 118. The second-order valence-electron chi connectivity index (χ2n) is 2.92. The molecule has 2 radical (unpaired) electrons. The molecule has 0 amide bonds. The molecule has 0 spiro atoms. The van der Waals surface area contributed by atoms with Crippen molar-refractivity contribution in [1.82, 2.24) is 0 Å². The largest absolute Gasteiger partial charge is 0.123 e. The molecule has 0 aromatic heterocycles. The lowest BCUT2D eigenvalue weighted by Crippen LogP contribution is -2.11. The van der Waals surface area contributed by atoms with E-state index in [2.05, 4.69) is 6.92 Å². The lowest BCUT2D eigenvalue weighted by Gasteiger charge is -2.16. The summed E-state index contributed by atoms with van der Waals surface area (Å²) in [6.45, 7) is 2.11. The molecule has 4 unspecified atom stereocenters. The monoisotopic (exact) mass is 176 g/mol. The van der Waals surface area contributed by atoms with Gasteiger partial charge in [-0.3, -0.25) is 0 Å². The van der Waals surface area contributed by atoms with Crippen LogP contribution in [0.1, 0.15) is 19.8 Å². The van der Waals surface area contributed by atoms with E-state index in [1.807, 2.05) is 0 Å². The molecule has 56 valence electrons. The minimum Gasteiger partial charge on any atom is -0.123 e. The van der Waals surface area contributed by atoms with Gasteiger partial charge >= 0.3 is 0 Å². The van der Waals surface area contributed by atoms with Crippen molar-refractivity contribution in [2.24, 2.45) is 5.92 Å². The summed E-state index contributed by atoms with van der Waals surface area (Å²) in [5.41, 5.74) is 0. The van der Waals surface area contributed by atoms with Gasteiger partial charge in [-0.15, -0.1) is 23.2 Å². The topological polar surface area (TPSA) is 0 Å². The summed E-state index contributed by atoms with van der Waals surface area (Å²) in [6.07, 6.45) is 1.90. The molecule has 0 nitrogen and oxygen atoms in total. The van der Waals surface area contributed by atoms with Crippen LogP contribution in [0.4, 0.5) is 0 Å². The predicted octanol–water partition coefficient (Wildman–Crippen LogP) is 2.59. The number of hydrogen-bond acceptors (Lipinski definition) is 0. The number of alkyl halides is 2. The van der Waals surface area contributed by atoms with Gasteiger partial charge in [-0.2, -0.15) is 0 Å². The van der Waals surface area contributed by atoms with Gasteiger partial charge < -0.3 is 0 Å². The Morgan fingerprint density at radius 1 is 1.40 bits per heavy atom. The molecular weight excluding hydrogens is 166 g/mol. The van der Waals surface area contributed by atoms with Crippen molar-refractivity contribution >= 4 is 31.0 Å². The van der Waals surface area contributed by atoms with Crippen molar-refractivity contribution in [2.45, 2.75) is 36.3 Å². The van der Waals surface area contributed by atoms with Gasteiger partial charge in [0.05, 0.1) is 7.85 Å². The van der Waals surface area contributed by atoms with Gasteiger partial charge in [-0.25, -0.2) is 0 Å². The third kappa shape index (κ3) is 1.45. The molecule has 0 aromatic rings. The lowest BCUT2D eigenvalue weighted by atomic mass is 9.77. The van der Waals surface area contributed by atoms with Crippen LogP contribution in [-0.4, -0.2) is 18.6 Å².